The molecule has 0 spiro atoms. The predicted molar refractivity (Wildman–Crippen MR) is 115 cm³/mol. The van der Waals surface area contributed by atoms with Crippen molar-refractivity contribution in [1.82, 2.24) is 9.55 Å². The Balaban J connectivity index is 2.10. The van der Waals surface area contributed by atoms with Crippen molar-refractivity contribution in [2.75, 3.05) is 14.2 Å². The lowest BCUT2D eigenvalue weighted by Crippen LogP contribution is -2.20. The van der Waals surface area contributed by atoms with Crippen molar-refractivity contribution in [1.29, 1.82) is 0 Å². The van der Waals surface area contributed by atoms with Gasteiger partial charge in [-0.05, 0) is 42.8 Å². The standard InChI is InChI=1S/C24H20N2O4/c1-15-20(24(28)30-3)21(16-7-5-4-6-8-16)22-19(25-15)13-14-26(23(22)27)17-9-11-18(29-2)12-10-17/h4-14H,1-3H3. The topological polar surface area (TPSA) is 70.4 Å². The van der Waals surface area contributed by atoms with Crippen molar-refractivity contribution in [3.05, 3.63) is 88.5 Å². The highest BCUT2D eigenvalue weighted by Crippen LogP contribution is 2.32. The number of aryl methyl sites for hydroxylation is 1. The molecular formula is C24H20N2O4. The molecule has 6 heteroatoms. The Kier molecular flexibility index (Phi) is 5.06. The molecule has 0 aliphatic heterocycles. The molecule has 0 unspecified atom stereocenters. The molecule has 0 saturated carbocycles. The fraction of sp³-hybridized carbons (Fsp3) is 0.125. The molecule has 0 radical (unpaired) electrons. The molecule has 0 atom stereocenters. The SMILES string of the molecule is COC(=O)c1c(C)nc2ccn(-c3ccc(OC)cc3)c(=O)c2c1-c1ccccc1. The van der Waals surface area contributed by atoms with Gasteiger partial charge in [-0.15, -0.1) is 0 Å². The number of nitrogens with zero attached hydrogens (tertiary/aromatic N) is 2. The van der Waals surface area contributed by atoms with Crippen LogP contribution in [0, 0.1) is 6.92 Å². The fourth-order valence-corrected chi connectivity index (χ4v) is 3.59. The molecule has 0 amide bonds. The third kappa shape index (κ3) is 3.22. The molecule has 30 heavy (non-hydrogen) atoms. The van der Waals surface area contributed by atoms with Gasteiger partial charge in [-0.25, -0.2) is 4.79 Å². The number of fused-ring (bicyclic) bond motifs is 1. The second-order valence-corrected chi connectivity index (χ2v) is 6.75. The van der Waals surface area contributed by atoms with Gasteiger partial charge in [0.25, 0.3) is 5.56 Å². The molecule has 0 aliphatic carbocycles. The van der Waals surface area contributed by atoms with Crippen LogP contribution in [-0.2, 0) is 4.74 Å². The van der Waals surface area contributed by atoms with Gasteiger partial charge in [0, 0.05) is 17.4 Å². The number of methoxy groups -OCH3 is 2. The number of esters is 1. The Hall–Kier alpha value is -3.93. The Bertz CT molecular complexity index is 1290. The fourth-order valence-electron chi connectivity index (χ4n) is 3.59. The molecular weight excluding hydrogens is 380 g/mol. The second-order valence-electron chi connectivity index (χ2n) is 6.75. The monoisotopic (exact) mass is 400 g/mol. The molecule has 0 fully saturated rings. The quantitative estimate of drug-likeness (QED) is 0.481. The first-order chi connectivity index (χ1) is 14.5. The van der Waals surface area contributed by atoms with Crippen LogP contribution in [0.15, 0.2) is 71.7 Å². The lowest BCUT2D eigenvalue weighted by Gasteiger charge is -2.15. The average molecular weight is 400 g/mol. The zero-order chi connectivity index (χ0) is 21.3. The van der Waals surface area contributed by atoms with Crippen molar-refractivity contribution in [2.24, 2.45) is 0 Å². The molecule has 0 N–H and O–H groups in total. The van der Waals surface area contributed by atoms with Crippen LogP contribution in [-0.4, -0.2) is 29.7 Å². The Morgan fingerprint density at radius 2 is 1.67 bits per heavy atom. The van der Waals surface area contributed by atoms with Crippen molar-refractivity contribution in [3.8, 4) is 22.6 Å². The summed E-state index contributed by atoms with van der Waals surface area (Å²) in [4.78, 5) is 30.7. The van der Waals surface area contributed by atoms with Crippen LogP contribution in [0.25, 0.3) is 27.7 Å². The number of aromatic nitrogens is 2. The summed E-state index contributed by atoms with van der Waals surface area (Å²) in [5.74, 6) is 0.169. The minimum absolute atomic E-state index is 0.269. The molecule has 4 rings (SSSR count). The van der Waals surface area contributed by atoms with Gasteiger partial charge in [-0.2, -0.15) is 0 Å². The van der Waals surface area contributed by atoms with Crippen molar-refractivity contribution >= 4 is 16.9 Å². The smallest absolute Gasteiger partial charge is 0.340 e. The van der Waals surface area contributed by atoms with Crippen LogP contribution in [0.4, 0.5) is 0 Å². The summed E-state index contributed by atoms with van der Waals surface area (Å²) in [7, 11) is 2.91. The molecule has 0 bridgehead atoms. The zero-order valence-corrected chi connectivity index (χ0v) is 16.9. The molecule has 0 aliphatic rings. The third-order valence-corrected chi connectivity index (χ3v) is 5.02. The van der Waals surface area contributed by atoms with E-state index in [1.807, 2.05) is 30.3 Å². The van der Waals surface area contributed by atoms with Crippen LogP contribution >= 0.6 is 0 Å². The maximum Gasteiger partial charge on any atom is 0.340 e. The summed E-state index contributed by atoms with van der Waals surface area (Å²) < 4.78 is 11.7. The molecule has 4 aromatic rings. The summed E-state index contributed by atoms with van der Waals surface area (Å²) >= 11 is 0. The number of pyridine rings is 2. The van der Waals surface area contributed by atoms with E-state index < -0.39 is 5.97 Å². The van der Waals surface area contributed by atoms with Gasteiger partial charge in [0.1, 0.15) is 5.75 Å². The van der Waals surface area contributed by atoms with E-state index in [4.69, 9.17) is 9.47 Å². The van der Waals surface area contributed by atoms with Gasteiger partial charge in [0.2, 0.25) is 0 Å². The van der Waals surface area contributed by atoms with E-state index in [1.54, 1.807) is 50.6 Å². The van der Waals surface area contributed by atoms with Crippen LogP contribution in [0.1, 0.15) is 16.1 Å². The van der Waals surface area contributed by atoms with Crippen LogP contribution in [0.3, 0.4) is 0 Å². The first kappa shape index (κ1) is 19.4. The molecule has 2 heterocycles. The van der Waals surface area contributed by atoms with Crippen LogP contribution in [0.5, 0.6) is 5.75 Å². The Labute approximate surface area is 173 Å². The first-order valence-corrected chi connectivity index (χ1v) is 9.39. The number of hydrogen-bond acceptors (Lipinski definition) is 5. The van der Waals surface area contributed by atoms with E-state index in [2.05, 4.69) is 4.98 Å². The number of benzene rings is 2. The minimum Gasteiger partial charge on any atom is -0.497 e. The minimum atomic E-state index is -0.528. The number of rotatable bonds is 4. The second kappa shape index (κ2) is 7.83. The maximum atomic E-state index is 13.6. The predicted octanol–water partition coefficient (Wildman–Crippen LogP) is 4.16. The lowest BCUT2D eigenvalue weighted by molar-refractivity contribution is 0.0600. The first-order valence-electron chi connectivity index (χ1n) is 9.39. The number of carbonyl (C=O) groups excluding carboxylic acids is 1. The zero-order valence-electron chi connectivity index (χ0n) is 16.9. The summed E-state index contributed by atoms with van der Waals surface area (Å²) in [5, 5.41) is 0.366. The number of carbonyl (C=O) groups is 1. The molecule has 6 nitrogen and oxygen atoms in total. The van der Waals surface area contributed by atoms with Gasteiger partial charge in [-0.3, -0.25) is 14.3 Å². The maximum absolute atomic E-state index is 13.6. The molecule has 0 saturated heterocycles. The van der Waals surface area contributed by atoms with E-state index in [1.165, 1.54) is 11.7 Å². The Morgan fingerprint density at radius 1 is 0.967 bits per heavy atom. The highest BCUT2D eigenvalue weighted by molar-refractivity contribution is 6.07. The van der Waals surface area contributed by atoms with Crippen LogP contribution in [0.2, 0.25) is 0 Å². The van der Waals surface area contributed by atoms with Gasteiger partial charge in [0.05, 0.1) is 36.4 Å². The summed E-state index contributed by atoms with van der Waals surface area (Å²) in [5.41, 5.74) is 3.01. The Morgan fingerprint density at radius 3 is 2.30 bits per heavy atom. The van der Waals surface area contributed by atoms with Crippen molar-refractivity contribution in [2.45, 2.75) is 6.92 Å². The van der Waals surface area contributed by atoms with E-state index in [0.717, 1.165) is 5.56 Å². The van der Waals surface area contributed by atoms with E-state index in [0.29, 0.717) is 39.2 Å². The molecule has 2 aromatic heterocycles. The van der Waals surface area contributed by atoms with E-state index >= 15 is 0 Å². The van der Waals surface area contributed by atoms with E-state index in [9.17, 15) is 9.59 Å². The normalized spacial score (nSPS) is 10.8. The highest BCUT2D eigenvalue weighted by atomic mass is 16.5. The number of hydrogen-bond donors (Lipinski definition) is 0. The van der Waals surface area contributed by atoms with E-state index in [-0.39, 0.29) is 5.56 Å². The van der Waals surface area contributed by atoms with Crippen molar-refractivity contribution < 1.29 is 14.3 Å². The van der Waals surface area contributed by atoms with Gasteiger partial charge < -0.3 is 9.47 Å². The van der Waals surface area contributed by atoms with Gasteiger partial charge in [0.15, 0.2) is 0 Å². The molecule has 2 aromatic carbocycles. The summed E-state index contributed by atoms with van der Waals surface area (Å²) in [6.07, 6.45) is 1.69. The largest absolute Gasteiger partial charge is 0.497 e. The lowest BCUT2D eigenvalue weighted by atomic mass is 9.95. The molecule has 150 valence electrons. The van der Waals surface area contributed by atoms with Gasteiger partial charge >= 0.3 is 5.97 Å². The highest BCUT2D eigenvalue weighted by Gasteiger charge is 2.23. The average Bonchev–Trinajstić information content (AvgIpc) is 2.78. The number of ether oxygens (including phenoxy) is 2. The third-order valence-electron chi connectivity index (χ3n) is 5.02. The van der Waals surface area contributed by atoms with Crippen LogP contribution < -0.4 is 10.3 Å². The van der Waals surface area contributed by atoms with Gasteiger partial charge in [-0.1, -0.05) is 30.3 Å². The summed E-state index contributed by atoms with van der Waals surface area (Å²) in [6, 6.07) is 18.3. The van der Waals surface area contributed by atoms with Crippen molar-refractivity contribution in [3.63, 3.8) is 0 Å². The summed E-state index contributed by atoms with van der Waals surface area (Å²) in [6.45, 7) is 1.74.